The van der Waals surface area contributed by atoms with Gasteiger partial charge in [0.25, 0.3) is 7.82 Å². The molecule has 2 atom stereocenters. The number of phosphoric ester groups is 1. The molecule has 0 aromatic carbocycles. The van der Waals surface area contributed by atoms with E-state index in [1.807, 2.05) is 21.1 Å². The SMILES string of the molecule is CCCCCCCCCCCCCCCCCCC(=O)OC(COC(=O)CCCCCCCCCCC)COP(=O)([O-])OCC[N+](C)(C)C. The number of rotatable bonds is 37. The molecule has 0 heterocycles. The highest BCUT2D eigenvalue weighted by atomic mass is 31.2. The van der Waals surface area contributed by atoms with Gasteiger partial charge in [0.2, 0.25) is 0 Å². The fourth-order valence-corrected chi connectivity index (χ4v) is 6.38. The first-order valence-corrected chi connectivity index (χ1v) is 21.7. The van der Waals surface area contributed by atoms with Gasteiger partial charge in [-0.3, -0.25) is 14.2 Å². The van der Waals surface area contributed by atoms with Gasteiger partial charge in [0.1, 0.15) is 19.8 Å². The first-order valence-electron chi connectivity index (χ1n) is 20.2. The number of phosphoric acid groups is 1. The van der Waals surface area contributed by atoms with E-state index in [0.29, 0.717) is 17.4 Å². The molecule has 0 saturated carbocycles. The van der Waals surface area contributed by atoms with Crippen LogP contribution in [-0.4, -0.2) is 70.0 Å². The molecule has 0 radical (unpaired) electrons. The average Bonchev–Trinajstić information content (AvgIpc) is 3.04. The van der Waals surface area contributed by atoms with Crippen molar-refractivity contribution in [3.63, 3.8) is 0 Å². The molecule has 0 saturated heterocycles. The minimum Gasteiger partial charge on any atom is -0.756 e. The molecule has 10 heteroatoms. The molecule has 0 N–H and O–H groups in total. The number of ether oxygens (including phenoxy) is 2. The Morgan fingerprint density at radius 2 is 0.918 bits per heavy atom. The fourth-order valence-electron chi connectivity index (χ4n) is 5.65. The minimum absolute atomic E-state index is 0.0261. The number of carbonyl (C=O) groups excluding carboxylic acids is 2. The quantitative estimate of drug-likeness (QED) is 0.0270. The molecular formula is C39H78NO8P. The van der Waals surface area contributed by atoms with Crippen LogP contribution in [0.25, 0.3) is 0 Å². The molecule has 0 bridgehead atoms. The Labute approximate surface area is 302 Å². The van der Waals surface area contributed by atoms with Crippen LogP contribution in [0.2, 0.25) is 0 Å². The maximum atomic E-state index is 12.6. The molecule has 292 valence electrons. The van der Waals surface area contributed by atoms with Crippen LogP contribution in [0.1, 0.15) is 187 Å². The van der Waals surface area contributed by atoms with Crippen molar-refractivity contribution in [3.05, 3.63) is 0 Å². The van der Waals surface area contributed by atoms with E-state index in [9.17, 15) is 19.0 Å². The molecule has 0 aliphatic rings. The predicted molar refractivity (Wildman–Crippen MR) is 199 cm³/mol. The van der Waals surface area contributed by atoms with Gasteiger partial charge in [0.05, 0.1) is 27.7 Å². The Morgan fingerprint density at radius 3 is 1.31 bits per heavy atom. The summed E-state index contributed by atoms with van der Waals surface area (Å²) in [7, 11) is 1.18. The van der Waals surface area contributed by atoms with E-state index in [4.69, 9.17) is 18.5 Å². The van der Waals surface area contributed by atoms with E-state index in [1.54, 1.807) is 0 Å². The third-order valence-corrected chi connectivity index (χ3v) is 9.84. The molecule has 2 unspecified atom stereocenters. The van der Waals surface area contributed by atoms with E-state index < -0.39 is 26.5 Å². The van der Waals surface area contributed by atoms with Crippen LogP contribution in [0.4, 0.5) is 0 Å². The van der Waals surface area contributed by atoms with E-state index >= 15 is 0 Å². The first-order chi connectivity index (χ1) is 23.5. The highest BCUT2D eigenvalue weighted by Crippen LogP contribution is 2.38. The van der Waals surface area contributed by atoms with Gasteiger partial charge in [0, 0.05) is 12.8 Å². The molecule has 0 aromatic rings. The number of unbranched alkanes of at least 4 members (excludes halogenated alkanes) is 23. The van der Waals surface area contributed by atoms with Crippen LogP contribution in [-0.2, 0) is 32.7 Å². The van der Waals surface area contributed by atoms with Crippen molar-refractivity contribution in [1.29, 1.82) is 0 Å². The van der Waals surface area contributed by atoms with Crippen LogP contribution in [0.5, 0.6) is 0 Å². The smallest absolute Gasteiger partial charge is 0.306 e. The monoisotopic (exact) mass is 720 g/mol. The summed E-state index contributed by atoms with van der Waals surface area (Å²) in [6, 6.07) is 0. The standard InChI is InChI=1S/C39H78NO8P/c1-6-8-10-12-14-16-17-18-19-20-21-22-24-26-28-30-32-39(42)48-37(36-47-49(43,44)46-34-33-40(3,4)5)35-45-38(41)31-29-27-25-23-15-13-11-9-7-2/h37H,6-36H2,1-5H3. The molecular weight excluding hydrogens is 641 g/mol. The van der Waals surface area contributed by atoms with E-state index in [-0.39, 0.29) is 32.0 Å². The molecule has 0 rings (SSSR count). The molecule has 0 spiro atoms. The summed E-state index contributed by atoms with van der Waals surface area (Å²) in [6.07, 6.45) is 29.9. The summed E-state index contributed by atoms with van der Waals surface area (Å²) in [5, 5.41) is 0. The summed E-state index contributed by atoms with van der Waals surface area (Å²) in [6.45, 7) is 4.22. The average molecular weight is 720 g/mol. The number of quaternary nitrogens is 1. The van der Waals surface area contributed by atoms with Crippen molar-refractivity contribution in [2.24, 2.45) is 0 Å². The van der Waals surface area contributed by atoms with E-state index in [2.05, 4.69) is 13.8 Å². The van der Waals surface area contributed by atoms with Crippen LogP contribution in [0.3, 0.4) is 0 Å². The van der Waals surface area contributed by atoms with Crippen molar-refractivity contribution >= 4 is 19.8 Å². The third-order valence-electron chi connectivity index (χ3n) is 8.88. The topological polar surface area (TPSA) is 111 Å². The number of likely N-dealkylation sites (N-methyl/N-ethyl adjacent to an activating group) is 1. The van der Waals surface area contributed by atoms with Crippen LogP contribution >= 0.6 is 7.82 Å². The Kier molecular flexibility index (Phi) is 32.2. The second-order valence-corrected chi connectivity index (χ2v) is 16.4. The Balaban J connectivity index is 4.33. The van der Waals surface area contributed by atoms with Crippen molar-refractivity contribution in [3.8, 4) is 0 Å². The fraction of sp³-hybridized carbons (Fsp3) is 0.949. The highest BCUT2D eigenvalue weighted by Gasteiger charge is 2.21. The van der Waals surface area contributed by atoms with Crippen molar-refractivity contribution in [2.45, 2.75) is 193 Å². The normalized spacial score (nSPS) is 13.7. The zero-order valence-corrected chi connectivity index (χ0v) is 33.6. The lowest BCUT2D eigenvalue weighted by molar-refractivity contribution is -0.870. The summed E-state index contributed by atoms with van der Waals surface area (Å²) in [5.74, 6) is -0.827. The van der Waals surface area contributed by atoms with Gasteiger partial charge >= 0.3 is 11.9 Å². The molecule has 0 amide bonds. The molecule has 0 aliphatic carbocycles. The van der Waals surface area contributed by atoms with Crippen molar-refractivity contribution in [1.82, 2.24) is 0 Å². The molecule has 0 fully saturated rings. The number of hydrogen-bond acceptors (Lipinski definition) is 8. The molecule has 49 heavy (non-hydrogen) atoms. The van der Waals surface area contributed by atoms with Crippen LogP contribution < -0.4 is 4.89 Å². The lowest BCUT2D eigenvalue weighted by Crippen LogP contribution is -2.37. The lowest BCUT2D eigenvalue weighted by atomic mass is 10.0. The summed E-state index contributed by atoms with van der Waals surface area (Å²) >= 11 is 0. The predicted octanol–water partition coefficient (Wildman–Crippen LogP) is 10.2. The van der Waals surface area contributed by atoms with Gasteiger partial charge in [-0.2, -0.15) is 0 Å². The van der Waals surface area contributed by atoms with Gasteiger partial charge in [-0.1, -0.05) is 162 Å². The zero-order chi connectivity index (χ0) is 36.5. The molecule has 0 aromatic heterocycles. The summed E-state index contributed by atoms with van der Waals surface area (Å²) in [4.78, 5) is 37.3. The second-order valence-electron chi connectivity index (χ2n) is 15.0. The maximum Gasteiger partial charge on any atom is 0.306 e. The van der Waals surface area contributed by atoms with Crippen LogP contribution in [0, 0.1) is 0 Å². The van der Waals surface area contributed by atoms with E-state index in [0.717, 1.165) is 32.1 Å². The van der Waals surface area contributed by atoms with Gasteiger partial charge in [-0.15, -0.1) is 0 Å². The van der Waals surface area contributed by atoms with Crippen molar-refractivity contribution < 1.29 is 42.1 Å². The first kappa shape index (κ1) is 48.0. The largest absolute Gasteiger partial charge is 0.756 e. The molecule has 0 aliphatic heterocycles. The minimum atomic E-state index is -4.61. The van der Waals surface area contributed by atoms with E-state index in [1.165, 1.54) is 122 Å². The summed E-state index contributed by atoms with van der Waals surface area (Å²) < 4.78 is 33.8. The lowest BCUT2D eigenvalue weighted by Gasteiger charge is -2.28. The van der Waals surface area contributed by atoms with Gasteiger partial charge in [0.15, 0.2) is 6.10 Å². The second kappa shape index (κ2) is 32.9. The summed E-state index contributed by atoms with van der Waals surface area (Å²) in [5.41, 5.74) is 0. The maximum absolute atomic E-state index is 12.6. The zero-order valence-electron chi connectivity index (χ0n) is 32.7. The van der Waals surface area contributed by atoms with Gasteiger partial charge < -0.3 is 27.9 Å². The molecule has 9 nitrogen and oxygen atoms in total. The Morgan fingerprint density at radius 1 is 0.551 bits per heavy atom. The third kappa shape index (κ3) is 36.6. The highest BCUT2D eigenvalue weighted by molar-refractivity contribution is 7.45. The number of nitrogens with zero attached hydrogens (tertiary/aromatic N) is 1. The number of hydrogen-bond donors (Lipinski definition) is 0. The Hall–Kier alpha value is -0.990. The van der Waals surface area contributed by atoms with Gasteiger partial charge in [-0.25, -0.2) is 0 Å². The Bertz CT molecular complexity index is 819. The van der Waals surface area contributed by atoms with Crippen molar-refractivity contribution in [2.75, 3.05) is 47.5 Å². The van der Waals surface area contributed by atoms with Gasteiger partial charge in [-0.05, 0) is 12.8 Å². The van der Waals surface area contributed by atoms with Crippen LogP contribution in [0.15, 0.2) is 0 Å². The number of esters is 2. The number of carbonyl (C=O) groups is 2.